The number of rotatable bonds is 5. The van der Waals surface area contributed by atoms with Crippen LogP contribution in [0.3, 0.4) is 0 Å². The van der Waals surface area contributed by atoms with Gasteiger partial charge in [-0.1, -0.05) is 36.7 Å². The van der Waals surface area contributed by atoms with E-state index in [2.05, 4.69) is 17.6 Å². The molecule has 4 nitrogen and oxygen atoms in total. The second-order valence-electron chi connectivity index (χ2n) is 4.83. The standard InChI is InChI=1S/C18H16ClN3O/c1-2-13-5-3-7-16(9-13)21-12-14(11-20)18(23)22-17-8-4-6-15(19)10-17/h3-10,12,21H,2H2,1H3,(H,22,23)/b14-12-. The van der Waals surface area contributed by atoms with Gasteiger partial charge in [0.1, 0.15) is 11.6 Å². The molecule has 0 saturated carbocycles. The zero-order valence-electron chi connectivity index (χ0n) is 12.6. The Morgan fingerprint density at radius 2 is 1.96 bits per heavy atom. The molecule has 1 amide bonds. The molecule has 2 N–H and O–H groups in total. The first-order valence-corrected chi connectivity index (χ1v) is 7.53. The topological polar surface area (TPSA) is 64.9 Å². The van der Waals surface area contributed by atoms with Crippen LogP contribution >= 0.6 is 11.6 Å². The van der Waals surface area contributed by atoms with E-state index in [0.29, 0.717) is 10.7 Å². The van der Waals surface area contributed by atoms with Crippen LogP contribution in [0.5, 0.6) is 0 Å². The van der Waals surface area contributed by atoms with Crippen molar-refractivity contribution in [2.45, 2.75) is 13.3 Å². The molecule has 0 unspecified atom stereocenters. The lowest BCUT2D eigenvalue weighted by Crippen LogP contribution is -2.14. The molecule has 2 rings (SSSR count). The average molecular weight is 326 g/mol. The third kappa shape index (κ3) is 4.87. The van der Waals surface area contributed by atoms with Crippen molar-refractivity contribution in [3.05, 3.63) is 70.9 Å². The molecule has 0 aliphatic rings. The number of amides is 1. The Morgan fingerprint density at radius 1 is 1.22 bits per heavy atom. The number of benzene rings is 2. The van der Waals surface area contributed by atoms with E-state index in [0.717, 1.165) is 12.1 Å². The maximum absolute atomic E-state index is 12.1. The number of carbonyl (C=O) groups excluding carboxylic acids is 1. The lowest BCUT2D eigenvalue weighted by atomic mass is 10.1. The molecule has 116 valence electrons. The zero-order valence-corrected chi connectivity index (χ0v) is 13.4. The Balaban J connectivity index is 2.09. The van der Waals surface area contributed by atoms with Crippen molar-refractivity contribution in [1.82, 2.24) is 0 Å². The Labute approximate surface area is 140 Å². The highest BCUT2D eigenvalue weighted by Gasteiger charge is 2.09. The van der Waals surface area contributed by atoms with Crippen molar-refractivity contribution in [1.29, 1.82) is 5.26 Å². The Morgan fingerprint density at radius 3 is 2.65 bits per heavy atom. The highest BCUT2D eigenvalue weighted by Crippen LogP contribution is 2.16. The van der Waals surface area contributed by atoms with Gasteiger partial charge < -0.3 is 10.6 Å². The van der Waals surface area contributed by atoms with E-state index >= 15 is 0 Å². The number of hydrogen-bond donors (Lipinski definition) is 2. The minimum absolute atomic E-state index is 0.0214. The summed E-state index contributed by atoms with van der Waals surface area (Å²) < 4.78 is 0. The number of hydrogen-bond acceptors (Lipinski definition) is 3. The Kier molecular flexibility index (Phi) is 5.79. The van der Waals surface area contributed by atoms with Crippen LogP contribution in [0.4, 0.5) is 11.4 Å². The first-order chi connectivity index (χ1) is 11.1. The summed E-state index contributed by atoms with van der Waals surface area (Å²) in [7, 11) is 0. The zero-order chi connectivity index (χ0) is 16.7. The van der Waals surface area contributed by atoms with Crippen molar-refractivity contribution >= 4 is 28.9 Å². The molecule has 0 spiro atoms. The minimum atomic E-state index is -0.492. The lowest BCUT2D eigenvalue weighted by Gasteiger charge is -2.06. The average Bonchev–Trinajstić information content (AvgIpc) is 2.55. The van der Waals surface area contributed by atoms with Gasteiger partial charge in [-0.15, -0.1) is 0 Å². The molecule has 23 heavy (non-hydrogen) atoms. The minimum Gasteiger partial charge on any atom is -0.360 e. The van der Waals surface area contributed by atoms with Gasteiger partial charge in [-0.2, -0.15) is 5.26 Å². The van der Waals surface area contributed by atoms with Gasteiger partial charge >= 0.3 is 0 Å². The van der Waals surface area contributed by atoms with Crippen LogP contribution in [-0.4, -0.2) is 5.91 Å². The summed E-state index contributed by atoms with van der Waals surface area (Å²) in [6.45, 7) is 2.06. The van der Waals surface area contributed by atoms with Gasteiger partial charge in [0.2, 0.25) is 0 Å². The monoisotopic (exact) mass is 325 g/mol. The second kappa shape index (κ2) is 8.02. The number of nitrogens with zero attached hydrogens (tertiary/aromatic N) is 1. The predicted molar refractivity (Wildman–Crippen MR) is 93.2 cm³/mol. The molecule has 0 aliphatic heterocycles. The highest BCUT2D eigenvalue weighted by molar-refractivity contribution is 6.31. The molecule has 0 bridgehead atoms. The molecular weight excluding hydrogens is 310 g/mol. The van der Waals surface area contributed by atoms with Gasteiger partial charge in [-0.3, -0.25) is 4.79 Å². The Hall–Kier alpha value is -2.77. The molecule has 2 aromatic carbocycles. The first kappa shape index (κ1) is 16.6. The number of halogens is 1. The number of nitrogens with one attached hydrogen (secondary N) is 2. The van der Waals surface area contributed by atoms with Crippen LogP contribution in [0.25, 0.3) is 0 Å². The molecule has 0 fully saturated rings. The van der Waals surface area contributed by atoms with Crippen molar-refractivity contribution in [2.24, 2.45) is 0 Å². The largest absolute Gasteiger partial charge is 0.360 e. The smallest absolute Gasteiger partial charge is 0.267 e. The van der Waals surface area contributed by atoms with Gasteiger partial charge in [-0.25, -0.2) is 0 Å². The van der Waals surface area contributed by atoms with Crippen molar-refractivity contribution in [3.63, 3.8) is 0 Å². The SMILES string of the molecule is CCc1cccc(N/C=C(/C#N)C(=O)Nc2cccc(Cl)c2)c1. The fourth-order valence-corrected chi connectivity index (χ4v) is 2.14. The quantitative estimate of drug-likeness (QED) is 0.634. The number of aryl methyl sites for hydroxylation is 1. The number of nitriles is 1. The van der Waals surface area contributed by atoms with E-state index in [9.17, 15) is 4.79 Å². The fourth-order valence-electron chi connectivity index (χ4n) is 1.95. The molecule has 0 saturated heterocycles. The summed E-state index contributed by atoms with van der Waals surface area (Å²) in [4.78, 5) is 12.1. The summed E-state index contributed by atoms with van der Waals surface area (Å²) >= 11 is 5.87. The van der Waals surface area contributed by atoms with Crippen molar-refractivity contribution < 1.29 is 4.79 Å². The third-order valence-corrected chi connectivity index (χ3v) is 3.40. The summed E-state index contributed by atoms with van der Waals surface area (Å²) in [5.74, 6) is -0.492. The molecule has 0 atom stereocenters. The summed E-state index contributed by atoms with van der Waals surface area (Å²) in [5, 5.41) is 15.3. The van der Waals surface area contributed by atoms with Crippen LogP contribution in [0.2, 0.25) is 5.02 Å². The van der Waals surface area contributed by atoms with Gasteiger partial charge in [-0.05, 0) is 42.3 Å². The van der Waals surface area contributed by atoms with E-state index in [-0.39, 0.29) is 5.57 Å². The number of carbonyl (C=O) groups is 1. The Bertz CT molecular complexity index is 778. The van der Waals surface area contributed by atoms with E-state index in [4.69, 9.17) is 16.9 Å². The lowest BCUT2D eigenvalue weighted by molar-refractivity contribution is -0.112. The van der Waals surface area contributed by atoms with E-state index < -0.39 is 5.91 Å². The van der Waals surface area contributed by atoms with Crippen LogP contribution < -0.4 is 10.6 Å². The molecule has 5 heteroatoms. The maximum Gasteiger partial charge on any atom is 0.267 e. The summed E-state index contributed by atoms with van der Waals surface area (Å²) in [6.07, 6.45) is 2.31. The second-order valence-corrected chi connectivity index (χ2v) is 5.27. The predicted octanol–water partition coefficient (Wildman–Crippen LogP) is 4.36. The van der Waals surface area contributed by atoms with Gasteiger partial charge in [0.05, 0.1) is 0 Å². The third-order valence-electron chi connectivity index (χ3n) is 3.17. The van der Waals surface area contributed by atoms with Crippen molar-refractivity contribution in [3.8, 4) is 6.07 Å². The van der Waals surface area contributed by atoms with Crippen LogP contribution in [0, 0.1) is 11.3 Å². The van der Waals surface area contributed by atoms with E-state index in [1.165, 1.54) is 11.8 Å². The molecular formula is C18H16ClN3O. The van der Waals surface area contributed by atoms with Crippen LogP contribution in [-0.2, 0) is 11.2 Å². The summed E-state index contributed by atoms with van der Waals surface area (Å²) in [6, 6.07) is 16.4. The molecule has 0 heterocycles. The summed E-state index contributed by atoms with van der Waals surface area (Å²) in [5.41, 5.74) is 2.52. The number of anilines is 2. The van der Waals surface area contributed by atoms with E-state index in [1.54, 1.807) is 24.3 Å². The highest BCUT2D eigenvalue weighted by atomic mass is 35.5. The van der Waals surface area contributed by atoms with Crippen LogP contribution in [0.15, 0.2) is 60.3 Å². The van der Waals surface area contributed by atoms with Gasteiger partial charge in [0.25, 0.3) is 5.91 Å². The molecule has 2 aromatic rings. The van der Waals surface area contributed by atoms with E-state index in [1.807, 2.05) is 30.3 Å². The molecule has 0 aromatic heterocycles. The maximum atomic E-state index is 12.1. The first-order valence-electron chi connectivity index (χ1n) is 7.15. The van der Waals surface area contributed by atoms with Gasteiger partial charge in [0, 0.05) is 22.6 Å². The van der Waals surface area contributed by atoms with Crippen molar-refractivity contribution in [2.75, 3.05) is 10.6 Å². The van der Waals surface area contributed by atoms with Gasteiger partial charge in [0.15, 0.2) is 0 Å². The normalized spacial score (nSPS) is 10.7. The fraction of sp³-hybridized carbons (Fsp3) is 0.111. The van der Waals surface area contributed by atoms with Crippen LogP contribution in [0.1, 0.15) is 12.5 Å². The molecule has 0 aliphatic carbocycles. The molecule has 0 radical (unpaired) electrons.